The summed E-state index contributed by atoms with van der Waals surface area (Å²) in [5.74, 6) is 0.434. The van der Waals surface area contributed by atoms with Crippen molar-refractivity contribution < 1.29 is 4.79 Å². The summed E-state index contributed by atoms with van der Waals surface area (Å²) < 4.78 is 1.09. The van der Waals surface area contributed by atoms with Crippen LogP contribution < -0.4 is 5.32 Å². The number of halogens is 1. The molecule has 2 heterocycles. The lowest BCUT2D eigenvalue weighted by Gasteiger charge is -1.99. The third kappa shape index (κ3) is 2.13. The molecule has 0 fully saturated rings. The van der Waals surface area contributed by atoms with Gasteiger partial charge in [0.15, 0.2) is 5.82 Å². The summed E-state index contributed by atoms with van der Waals surface area (Å²) in [6.07, 6.45) is 0. The molecule has 0 atom stereocenters. The molecule has 90 valence electrons. The van der Waals surface area contributed by atoms with Gasteiger partial charge in [0, 0.05) is 10.8 Å². The Balaban J connectivity index is 1.90. The standard InChI is InChI=1S/C12H8IN3OS/c13-10-5-7(6-18-10)12(17)14-11-8-3-1-2-4-9(8)15-16-11/h1-6H,(H2,14,15,16,17). The molecule has 0 saturated carbocycles. The van der Waals surface area contributed by atoms with E-state index >= 15 is 0 Å². The van der Waals surface area contributed by atoms with Gasteiger partial charge in [0.25, 0.3) is 5.91 Å². The topological polar surface area (TPSA) is 57.8 Å². The Morgan fingerprint density at radius 3 is 3.00 bits per heavy atom. The van der Waals surface area contributed by atoms with Gasteiger partial charge in [-0.05, 0) is 40.8 Å². The first-order chi connectivity index (χ1) is 8.74. The van der Waals surface area contributed by atoms with Crippen molar-refractivity contribution in [2.75, 3.05) is 5.32 Å². The Morgan fingerprint density at radius 1 is 1.39 bits per heavy atom. The van der Waals surface area contributed by atoms with Crippen LogP contribution in [-0.4, -0.2) is 16.1 Å². The smallest absolute Gasteiger partial charge is 0.257 e. The number of para-hydroxylation sites is 1. The number of fused-ring (bicyclic) bond motifs is 1. The lowest BCUT2D eigenvalue weighted by atomic mass is 10.2. The van der Waals surface area contributed by atoms with Crippen molar-refractivity contribution in [2.45, 2.75) is 0 Å². The van der Waals surface area contributed by atoms with Gasteiger partial charge in [-0.1, -0.05) is 12.1 Å². The molecule has 0 aliphatic rings. The van der Waals surface area contributed by atoms with Crippen LogP contribution in [0.4, 0.5) is 5.82 Å². The molecule has 4 nitrogen and oxygen atoms in total. The van der Waals surface area contributed by atoms with E-state index in [2.05, 4.69) is 38.1 Å². The van der Waals surface area contributed by atoms with Crippen molar-refractivity contribution in [1.82, 2.24) is 10.2 Å². The van der Waals surface area contributed by atoms with Crippen LogP contribution in [0.15, 0.2) is 35.7 Å². The summed E-state index contributed by atoms with van der Waals surface area (Å²) in [5, 5.41) is 12.6. The summed E-state index contributed by atoms with van der Waals surface area (Å²) in [4.78, 5) is 12.0. The second kappa shape index (κ2) is 4.69. The fraction of sp³-hybridized carbons (Fsp3) is 0. The molecule has 0 aliphatic heterocycles. The van der Waals surface area contributed by atoms with Crippen molar-refractivity contribution in [3.63, 3.8) is 0 Å². The van der Waals surface area contributed by atoms with Crippen LogP contribution in [0, 0.1) is 2.88 Å². The number of nitrogens with zero attached hydrogens (tertiary/aromatic N) is 1. The number of aromatic nitrogens is 2. The SMILES string of the molecule is O=C(Nc1n[nH]c2ccccc12)c1csc(I)c1. The number of hydrogen-bond donors (Lipinski definition) is 2. The number of carbonyl (C=O) groups is 1. The summed E-state index contributed by atoms with van der Waals surface area (Å²) in [7, 11) is 0. The van der Waals surface area contributed by atoms with Crippen LogP contribution in [0.2, 0.25) is 0 Å². The molecule has 1 amide bonds. The molecule has 3 aromatic rings. The highest BCUT2D eigenvalue weighted by Gasteiger charge is 2.11. The Kier molecular flexibility index (Phi) is 3.04. The lowest BCUT2D eigenvalue weighted by Crippen LogP contribution is -2.11. The van der Waals surface area contributed by atoms with Gasteiger partial charge < -0.3 is 5.32 Å². The molecule has 0 radical (unpaired) electrons. The molecule has 3 rings (SSSR count). The van der Waals surface area contributed by atoms with Gasteiger partial charge in [0.05, 0.1) is 14.0 Å². The molecule has 0 bridgehead atoms. The second-order valence-corrected chi connectivity index (χ2v) is 6.52. The number of amides is 1. The van der Waals surface area contributed by atoms with E-state index in [0.717, 1.165) is 13.8 Å². The van der Waals surface area contributed by atoms with E-state index in [1.165, 1.54) is 0 Å². The maximum absolute atomic E-state index is 12.0. The van der Waals surface area contributed by atoms with Crippen LogP contribution >= 0.6 is 33.9 Å². The summed E-state index contributed by atoms with van der Waals surface area (Å²) in [5.41, 5.74) is 1.57. The van der Waals surface area contributed by atoms with Crippen LogP contribution in [-0.2, 0) is 0 Å². The summed E-state index contributed by atoms with van der Waals surface area (Å²) in [6, 6.07) is 9.54. The molecule has 0 unspecified atom stereocenters. The van der Waals surface area contributed by atoms with Gasteiger partial charge in [-0.25, -0.2) is 0 Å². The number of hydrogen-bond acceptors (Lipinski definition) is 3. The van der Waals surface area contributed by atoms with E-state index in [1.807, 2.05) is 35.7 Å². The maximum Gasteiger partial charge on any atom is 0.257 e. The molecule has 6 heteroatoms. The van der Waals surface area contributed by atoms with Crippen LogP contribution in [0.3, 0.4) is 0 Å². The third-order valence-corrected chi connectivity index (χ3v) is 4.32. The van der Waals surface area contributed by atoms with Crippen molar-refractivity contribution in [3.8, 4) is 0 Å². The van der Waals surface area contributed by atoms with E-state index in [-0.39, 0.29) is 5.91 Å². The predicted octanol–water partition coefficient (Wildman–Crippen LogP) is 3.48. The molecule has 2 N–H and O–H groups in total. The van der Waals surface area contributed by atoms with Crippen LogP contribution in [0.1, 0.15) is 10.4 Å². The zero-order valence-electron chi connectivity index (χ0n) is 9.11. The first kappa shape index (κ1) is 11.7. The molecular weight excluding hydrogens is 361 g/mol. The van der Waals surface area contributed by atoms with Crippen molar-refractivity contribution in [3.05, 3.63) is 44.2 Å². The van der Waals surface area contributed by atoms with Gasteiger partial charge >= 0.3 is 0 Å². The summed E-state index contributed by atoms with van der Waals surface area (Å²) in [6.45, 7) is 0. The van der Waals surface area contributed by atoms with Gasteiger partial charge in [-0.3, -0.25) is 9.89 Å². The average molecular weight is 369 g/mol. The number of H-pyrrole nitrogens is 1. The van der Waals surface area contributed by atoms with Gasteiger partial charge in [-0.2, -0.15) is 5.10 Å². The normalized spacial score (nSPS) is 10.7. The zero-order chi connectivity index (χ0) is 12.5. The minimum atomic E-state index is -0.133. The quantitative estimate of drug-likeness (QED) is 0.680. The fourth-order valence-electron chi connectivity index (χ4n) is 1.67. The average Bonchev–Trinajstić information content (AvgIpc) is 2.97. The van der Waals surface area contributed by atoms with E-state index < -0.39 is 0 Å². The first-order valence-electron chi connectivity index (χ1n) is 5.22. The molecule has 2 aromatic heterocycles. The minimum absolute atomic E-state index is 0.133. The number of carbonyl (C=O) groups excluding carboxylic acids is 1. The lowest BCUT2D eigenvalue weighted by molar-refractivity contribution is 0.102. The third-order valence-electron chi connectivity index (χ3n) is 2.53. The molecule has 18 heavy (non-hydrogen) atoms. The molecule has 1 aromatic carbocycles. The second-order valence-electron chi connectivity index (χ2n) is 3.71. The number of nitrogens with one attached hydrogen (secondary N) is 2. The van der Waals surface area contributed by atoms with E-state index in [1.54, 1.807) is 11.3 Å². The molecular formula is C12H8IN3OS. The van der Waals surface area contributed by atoms with Crippen LogP contribution in [0.5, 0.6) is 0 Å². The van der Waals surface area contributed by atoms with Gasteiger partial charge in [0.2, 0.25) is 0 Å². The Labute approximate surface area is 121 Å². The van der Waals surface area contributed by atoms with Gasteiger partial charge in [0.1, 0.15) is 0 Å². The number of thiophene rings is 1. The van der Waals surface area contributed by atoms with Crippen LogP contribution in [0.25, 0.3) is 10.9 Å². The highest BCUT2D eigenvalue weighted by atomic mass is 127. The summed E-state index contributed by atoms with van der Waals surface area (Å²) >= 11 is 3.74. The van der Waals surface area contributed by atoms with Crippen molar-refractivity contribution in [1.29, 1.82) is 0 Å². The first-order valence-corrected chi connectivity index (χ1v) is 7.18. The van der Waals surface area contributed by atoms with E-state index in [4.69, 9.17) is 0 Å². The predicted molar refractivity (Wildman–Crippen MR) is 81.1 cm³/mol. The number of rotatable bonds is 2. The molecule has 0 saturated heterocycles. The highest BCUT2D eigenvalue weighted by Crippen LogP contribution is 2.22. The Bertz CT molecular complexity index is 719. The van der Waals surface area contributed by atoms with Gasteiger partial charge in [-0.15, -0.1) is 11.3 Å². The maximum atomic E-state index is 12.0. The Morgan fingerprint density at radius 2 is 2.22 bits per heavy atom. The number of benzene rings is 1. The molecule has 0 spiro atoms. The van der Waals surface area contributed by atoms with E-state index in [0.29, 0.717) is 11.4 Å². The number of anilines is 1. The highest BCUT2D eigenvalue weighted by molar-refractivity contribution is 14.1. The van der Waals surface area contributed by atoms with Crippen molar-refractivity contribution in [2.24, 2.45) is 0 Å². The Hall–Kier alpha value is -1.41. The van der Waals surface area contributed by atoms with E-state index in [9.17, 15) is 4.79 Å². The molecule has 0 aliphatic carbocycles. The number of aromatic amines is 1. The largest absolute Gasteiger partial charge is 0.305 e. The fourth-order valence-corrected chi connectivity index (χ4v) is 2.99. The minimum Gasteiger partial charge on any atom is -0.305 e. The van der Waals surface area contributed by atoms with Crippen molar-refractivity contribution >= 4 is 56.6 Å². The zero-order valence-corrected chi connectivity index (χ0v) is 12.1. The monoisotopic (exact) mass is 369 g/mol.